The van der Waals surface area contributed by atoms with Crippen molar-refractivity contribution in [2.75, 3.05) is 32.8 Å². The molecule has 1 N–H and O–H groups in total. The van der Waals surface area contributed by atoms with E-state index in [2.05, 4.69) is 35.5 Å². The molecular formula is C25H36N2O2. The summed E-state index contributed by atoms with van der Waals surface area (Å²) in [6.07, 6.45) is 15.5. The Bertz CT molecular complexity index is 820. The maximum Gasteiger partial charge on any atom is 0.251 e. The van der Waals surface area contributed by atoms with Gasteiger partial charge in [0.15, 0.2) is 0 Å². The van der Waals surface area contributed by atoms with Gasteiger partial charge in [-0.3, -0.25) is 4.79 Å². The van der Waals surface area contributed by atoms with Gasteiger partial charge in [0.2, 0.25) is 0 Å². The summed E-state index contributed by atoms with van der Waals surface area (Å²) in [7, 11) is 0. The van der Waals surface area contributed by atoms with Crippen LogP contribution < -0.4 is 15.8 Å². The number of rotatable bonds is 8. The fourth-order valence-corrected chi connectivity index (χ4v) is 4.67. The molecule has 4 rings (SSSR count). The first kappa shape index (κ1) is 20.5. The lowest BCUT2D eigenvalue weighted by Crippen LogP contribution is -2.40. The summed E-state index contributed by atoms with van der Waals surface area (Å²) in [5, 5.41) is 5.49. The molecule has 2 aliphatic carbocycles. The molecule has 0 aromatic heterocycles. The Balaban J connectivity index is 1.38. The predicted molar refractivity (Wildman–Crippen MR) is 118 cm³/mol. The topological polar surface area (TPSA) is 41.6 Å². The molecule has 2 saturated carbocycles. The molecule has 1 heterocycles. The maximum atomic E-state index is 12.7. The van der Waals surface area contributed by atoms with Crippen molar-refractivity contribution in [1.29, 1.82) is 0 Å². The second kappa shape index (κ2) is 9.80. The third-order valence-corrected chi connectivity index (χ3v) is 6.70. The van der Waals surface area contributed by atoms with Gasteiger partial charge in [-0.15, -0.1) is 0 Å². The fourth-order valence-electron chi connectivity index (χ4n) is 4.67. The summed E-state index contributed by atoms with van der Waals surface area (Å²) in [5.74, 6) is 1.59. The van der Waals surface area contributed by atoms with E-state index in [1.54, 1.807) is 0 Å². The van der Waals surface area contributed by atoms with Gasteiger partial charge in [0.25, 0.3) is 5.91 Å². The predicted octanol–water partition coefficient (Wildman–Crippen LogP) is 2.96. The van der Waals surface area contributed by atoms with Crippen LogP contribution in [0.4, 0.5) is 0 Å². The summed E-state index contributed by atoms with van der Waals surface area (Å²) in [5.41, 5.74) is 1.87. The van der Waals surface area contributed by atoms with Crippen LogP contribution in [0.15, 0.2) is 12.1 Å². The first-order valence-electron chi connectivity index (χ1n) is 11.6. The van der Waals surface area contributed by atoms with E-state index in [4.69, 9.17) is 4.74 Å². The third kappa shape index (κ3) is 5.63. The smallest absolute Gasteiger partial charge is 0.251 e. The first-order chi connectivity index (χ1) is 14.2. The van der Waals surface area contributed by atoms with E-state index in [1.807, 2.05) is 6.07 Å². The number of fused-ring (bicyclic) bond motifs is 1. The number of nitrogens with zero attached hydrogens (tertiary/aromatic N) is 1. The second-order valence-electron chi connectivity index (χ2n) is 9.16. The summed E-state index contributed by atoms with van der Waals surface area (Å²) in [6, 6.07) is 4.07. The van der Waals surface area contributed by atoms with Crippen LogP contribution in [0, 0.1) is 18.8 Å². The highest BCUT2D eigenvalue weighted by Gasteiger charge is 2.21. The molecule has 1 aliphatic heterocycles. The molecule has 0 radical (unpaired) electrons. The summed E-state index contributed by atoms with van der Waals surface area (Å²) >= 11 is 0. The number of nitrogens with one attached hydrogen (secondary N) is 1. The van der Waals surface area contributed by atoms with Crippen LogP contribution in [-0.4, -0.2) is 43.7 Å². The molecule has 2 fully saturated rings. The van der Waals surface area contributed by atoms with Crippen molar-refractivity contribution in [3.63, 3.8) is 0 Å². The van der Waals surface area contributed by atoms with Crippen LogP contribution in [-0.2, 0) is 4.74 Å². The minimum Gasteiger partial charge on any atom is -0.379 e. The van der Waals surface area contributed by atoms with Gasteiger partial charge in [0.1, 0.15) is 0 Å². The number of carbonyl (C=O) groups is 1. The van der Waals surface area contributed by atoms with Crippen molar-refractivity contribution in [1.82, 2.24) is 10.2 Å². The molecule has 29 heavy (non-hydrogen) atoms. The highest BCUT2D eigenvalue weighted by atomic mass is 16.5. The molecule has 4 heteroatoms. The molecule has 0 atom stereocenters. The molecule has 158 valence electrons. The molecule has 0 spiro atoms. The van der Waals surface area contributed by atoms with Crippen molar-refractivity contribution in [3.05, 3.63) is 33.7 Å². The van der Waals surface area contributed by atoms with Gasteiger partial charge in [-0.2, -0.15) is 0 Å². The summed E-state index contributed by atoms with van der Waals surface area (Å²) in [4.78, 5) is 15.1. The van der Waals surface area contributed by atoms with Gasteiger partial charge in [0.05, 0.1) is 6.61 Å². The van der Waals surface area contributed by atoms with E-state index in [-0.39, 0.29) is 5.91 Å². The number of hydrogen-bond acceptors (Lipinski definition) is 3. The zero-order chi connectivity index (χ0) is 20.1. The molecule has 1 aromatic rings. The molecular weight excluding hydrogens is 360 g/mol. The second-order valence-corrected chi connectivity index (χ2v) is 9.16. The Morgan fingerprint density at radius 3 is 2.66 bits per heavy atom. The van der Waals surface area contributed by atoms with E-state index < -0.39 is 0 Å². The number of amides is 1. The molecule has 0 unspecified atom stereocenters. The molecule has 0 bridgehead atoms. The van der Waals surface area contributed by atoms with Gasteiger partial charge in [0, 0.05) is 43.2 Å². The van der Waals surface area contributed by atoms with Crippen LogP contribution in [0.2, 0.25) is 0 Å². The van der Waals surface area contributed by atoms with Gasteiger partial charge in [-0.1, -0.05) is 37.8 Å². The van der Waals surface area contributed by atoms with Crippen molar-refractivity contribution >= 4 is 18.2 Å². The molecule has 1 aromatic carbocycles. The summed E-state index contributed by atoms with van der Waals surface area (Å²) < 4.78 is 5.63. The first-order valence-corrected chi connectivity index (χ1v) is 11.6. The normalized spacial score (nSPS) is 19.7. The molecule has 4 nitrogen and oxygen atoms in total. The van der Waals surface area contributed by atoms with Crippen LogP contribution >= 0.6 is 0 Å². The largest absolute Gasteiger partial charge is 0.379 e. The number of hydrogen-bond donors (Lipinski definition) is 1. The zero-order valence-electron chi connectivity index (χ0n) is 17.9. The van der Waals surface area contributed by atoms with Crippen LogP contribution in [0.5, 0.6) is 0 Å². The Morgan fingerprint density at radius 1 is 1.10 bits per heavy atom. The van der Waals surface area contributed by atoms with E-state index >= 15 is 0 Å². The van der Waals surface area contributed by atoms with Crippen molar-refractivity contribution < 1.29 is 9.53 Å². The van der Waals surface area contributed by atoms with Crippen molar-refractivity contribution in [2.24, 2.45) is 11.8 Å². The fraction of sp³-hybridized carbons (Fsp3) is 0.640. The van der Waals surface area contributed by atoms with Gasteiger partial charge in [-0.05, 0) is 61.3 Å². The Morgan fingerprint density at radius 2 is 1.90 bits per heavy atom. The Labute approximate surface area is 175 Å². The quantitative estimate of drug-likeness (QED) is 0.543. The lowest BCUT2D eigenvalue weighted by atomic mass is 9.98. The third-order valence-electron chi connectivity index (χ3n) is 6.70. The number of carbonyl (C=O) groups excluding carboxylic acids is 1. The van der Waals surface area contributed by atoms with Crippen LogP contribution in [0.1, 0.15) is 67.3 Å². The van der Waals surface area contributed by atoms with Gasteiger partial charge < -0.3 is 15.0 Å². The zero-order valence-corrected chi connectivity index (χ0v) is 17.9. The molecule has 0 saturated heterocycles. The van der Waals surface area contributed by atoms with Gasteiger partial charge in [-0.25, -0.2) is 0 Å². The van der Waals surface area contributed by atoms with E-state index in [0.717, 1.165) is 42.7 Å². The maximum absolute atomic E-state index is 12.7. The molecule has 1 amide bonds. The van der Waals surface area contributed by atoms with Gasteiger partial charge >= 0.3 is 0 Å². The monoisotopic (exact) mass is 396 g/mol. The average molecular weight is 397 g/mol. The van der Waals surface area contributed by atoms with Crippen LogP contribution in [0.25, 0.3) is 12.3 Å². The van der Waals surface area contributed by atoms with Crippen LogP contribution in [0.3, 0.4) is 0 Å². The van der Waals surface area contributed by atoms with E-state index in [9.17, 15) is 4.79 Å². The minimum atomic E-state index is 0.00890. The Hall–Kier alpha value is -1.81. The summed E-state index contributed by atoms with van der Waals surface area (Å²) in [6.45, 7) is 6.22. The minimum absolute atomic E-state index is 0.00890. The highest BCUT2D eigenvalue weighted by Crippen LogP contribution is 2.28. The van der Waals surface area contributed by atoms with Crippen molar-refractivity contribution in [2.45, 2.75) is 58.3 Å². The van der Waals surface area contributed by atoms with Crippen molar-refractivity contribution in [3.8, 4) is 0 Å². The standard InChI is InChI=1S/C25H36N2O2/c1-19-23(25(28)26-13-15-29-18-21-8-9-21)11-10-22-12-14-27(17-24(19)22)16-20-6-4-2-3-5-7-20/h10-12,17,20-21H,2-9,13-16,18H2,1H3,(H,26,28). The lowest BCUT2D eigenvalue weighted by molar-refractivity contribution is 0.0906. The van der Waals surface area contributed by atoms with E-state index in [0.29, 0.717) is 13.2 Å². The number of ether oxygens (including phenoxy) is 1. The molecule has 3 aliphatic rings. The van der Waals surface area contributed by atoms with E-state index in [1.165, 1.54) is 61.8 Å². The highest BCUT2D eigenvalue weighted by molar-refractivity contribution is 5.95. The average Bonchev–Trinajstić information content (AvgIpc) is 3.56. The SMILES string of the molecule is Cc1c(C(=O)NCCOCC2CC2)ccc2c1=CN(CC1CCCCCC1)CC=2. The number of benzene rings is 1. The lowest BCUT2D eigenvalue weighted by Gasteiger charge is -2.27. The Kier molecular flexibility index (Phi) is 6.91.